The minimum absolute atomic E-state index is 0.119. The van der Waals surface area contributed by atoms with E-state index in [2.05, 4.69) is 0 Å². The Morgan fingerprint density at radius 3 is 2.11 bits per heavy atom. The van der Waals surface area contributed by atoms with Gasteiger partial charge in [-0.25, -0.2) is 9.69 Å². The Morgan fingerprint density at radius 2 is 1.68 bits per heavy atom. The number of ether oxygens (including phenoxy) is 1. The monoisotopic (exact) mass is 262 g/mol. The van der Waals surface area contributed by atoms with Gasteiger partial charge in [0, 0.05) is 5.54 Å². The zero-order chi connectivity index (χ0) is 14.2. The quantitative estimate of drug-likeness (QED) is 0.768. The zero-order valence-corrected chi connectivity index (χ0v) is 11.6. The molecular weight excluding hydrogens is 244 g/mol. The fraction of sp³-hybridized carbons (Fsp3) is 0.429. The Morgan fingerprint density at radius 1 is 1.11 bits per heavy atom. The molecule has 0 spiro atoms. The van der Waals surface area contributed by atoms with Crippen LogP contribution in [0.3, 0.4) is 0 Å². The number of carbonyl (C=O) groups is 2. The lowest BCUT2D eigenvalue weighted by Crippen LogP contribution is -2.44. The highest BCUT2D eigenvalue weighted by molar-refractivity contribution is 6.20. The molecule has 0 unspecified atom stereocenters. The van der Waals surface area contributed by atoms with Crippen molar-refractivity contribution < 1.29 is 14.3 Å². The van der Waals surface area contributed by atoms with Crippen LogP contribution in [0.2, 0.25) is 0 Å². The molecule has 1 aliphatic rings. The van der Waals surface area contributed by atoms with Crippen LogP contribution in [0.5, 0.6) is 5.75 Å². The van der Waals surface area contributed by atoms with E-state index in [1.165, 1.54) is 4.90 Å². The van der Waals surface area contributed by atoms with Gasteiger partial charge in [-0.3, -0.25) is 4.79 Å². The van der Waals surface area contributed by atoms with Gasteiger partial charge in [0.05, 0.1) is 12.8 Å². The molecule has 1 fully saturated rings. The van der Waals surface area contributed by atoms with Gasteiger partial charge in [-0.2, -0.15) is 0 Å². The highest BCUT2D eigenvalue weighted by Gasteiger charge is 2.42. The summed E-state index contributed by atoms with van der Waals surface area (Å²) in [5, 5.41) is 0. The van der Waals surface area contributed by atoms with Crippen LogP contribution in [0.1, 0.15) is 20.8 Å². The molecule has 0 saturated carbocycles. The van der Waals surface area contributed by atoms with Gasteiger partial charge in [0.1, 0.15) is 12.3 Å². The van der Waals surface area contributed by atoms with E-state index in [4.69, 9.17) is 4.74 Å². The van der Waals surface area contributed by atoms with Crippen LogP contribution in [0.4, 0.5) is 10.5 Å². The van der Waals surface area contributed by atoms with E-state index in [1.807, 2.05) is 20.8 Å². The van der Waals surface area contributed by atoms with Crippen molar-refractivity contribution in [1.82, 2.24) is 4.90 Å². The highest BCUT2D eigenvalue weighted by Crippen LogP contribution is 2.27. The second kappa shape index (κ2) is 4.57. The third kappa shape index (κ3) is 2.41. The molecule has 0 aromatic heterocycles. The maximum atomic E-state index is 12.3. The van der Waals surface area contributed by atoms with Crippen molar-refractivity contribution in [3.05, 3.63) is 24.3 Å². The Hall–Kier alpha value is -2.04. The van der Waals surface area contributed by atoms with Crippen LogP contribution >= 0.6 is 0 Å². The normalized spacial score (nSPS) is 16.2. The largest absolute Gasteiger partial charge is 0.497 e. The van der Waals surface area contributed by atoms with E-state index in [1.54, 1.807) is 36.3 Å². The molecule has 0 N–H and O–H groups in total. The number of anilines is 1. The molecule has 3 amide bonds. The molecule has 0 bridgehead atoms. The summed E-state index contributed by atoms with van der Waals surface area (Å²) in [6, 6.07) is 6.61. The molecule has 1 aromatic carbocycles. The maximum Gasteiger partial charge on any atom is 0.332 e. The third-order valence-corrected chi connectivity index (χ3v) is 3.11. The van der Waals surface area contributed by atoms with Gasteiger partial charge in [-0.1, -0.05) is 0 Å². The molecule has 102 valence electrons. The summed E-state index contributed by atoms with van der Waals surface area (Å²) in [6.45, 7) is 5.86. The predicted molar refractivity (Wildman–Crippen MR) is 72.3 cm³/mol. The van der Waals surface area contributed by atoms with E-state index in [-0.39, 0.29) is 24.0 Å². The topological polar surface area (TPSA) is 49.9 Å². The van der Waals surface area contributed by atoms with Gasteiger partial charge >= 0.3 is 6.03 Å². The van der Waals surface area contributed by atoms with E-state index in [0.717, 1.165) is 0 Å². The Bertz CT molecular complexity index is 502. The van der Waals surface area contributed by atoms with E-state index in [0.29, 0.717) is 11.4 Å². The zero-order valence-electron chi connectivity index (χ0n) is 11.6. The van der Waals surface area contributed by atoms with E-state index in [9.17, 15) is 9.59 Å². The molecule has 1 aliphatic heterocycles. The van der Waals surface area contributed by atoms with Crippen LogP contribution in [-0.4, -0.2) is 36.0 Å². The fourth-order valence-electron chi connectivity index (χ4n) is 2.01. The lowest BCUT2D eigenvalue weighted by atomic mass is 10.1. The average Bonchev–Trinajstić information content (AvgIpc) is 2.65. The molecule has 0 atom stereocenters. The first-order valence-electron chi connectivity index (χ1n) is 6.13. The van der Waals surface area contributed by atoms with Gasteiger partial charge < -0.3 is 9.64 Å². The molecule has 1 aromatic rings. The number of urea groups is 1. The second-order valence-corrected chi connectivity index (χ2v) is 5.47. The van der Waals surface area contributed by atoms with Crippen molar-refractivity contribution in [1.29, 1.82) is 0 Å². The Kier molecular flexibility index (Phi) is 3.22. The van der Waals surface area contributed by atoms with Crippen LogP contribution in [0.25, 0.3) is 0 Å². The highest BCUT2D eigenvalue weighted by atomic mass is 16.5. The molecule has 5 heteroatoms. The summed E-state index contributed by atoms with van der Waals surface area (Å²) in [7, 11) is 1.57. The first-order valence-corrected chi connectivity index (χ1v) is 6.13. The Balaban J connectivity index is 2.29. The summed E-state index contributed by atoms with van der Waals surface area (Å²) < 4.78 is 5.06. The van der Waals surface area contributed by atoms with Gasteiger partial charge in [-0.15, -0.1) is 0 Å². The number of imide groups is 1. The first kappa shape index (κ1) is 13.4. The van der Waals surface area contributed by atoms with Crippen LogP contribution < -0.4 is 9.64 Å². The summed E-state index contributed by atoms with van der Waals surface area (Å²) in [5.74, 6) is 0.487. The number of amides is 3. The molecule has 0 radical (unpaired) electrons. The van der Waals surface area contributed by atoms with Crippen molar-refractivity contribution in [3.63, 3.8) is 0 Å². The molecule has 0 aliphatic carbocycles. The van der Waals surface area contributed by atoms with Gasteiger partial charge in [0.2, 0.25) is 0 Å². The fourth-order valence-corrected chi connectivity index (χ4v) is 2.01. The standard InChI is InChI=1S/C14H18N2O3/c1-14(2,3)15-9-12(17)16(13(15)18)10-5-7-11(19-4)8-6-10/h5-8H,9H2,1-4H3. The maximum absolute atomic E-state index is 12.3. The molecular formula is C14H18N2O3. The number of hydrogen-bond donors (Lipinski definition) is 0. The summed E-state index contributed by atoms with van der Waals surface area (Å²) in [4.78, 5) is 27.1. The number of hydrogen-bond acceptors (Lipinski definition) is 3. The van der Waals surface area contributed by atoms with Crippen molar-refractivity contribution in [2.45, 2.75) is 26.3 Å². The van der Waals surface area contributed by atoms with Crippen molar-refractivity contribution in [2.75, 3.05) is 18.6 Å². The smallest absolute Gasteiger partial charge is 0.332 e. The molecule has 19 heavy (non-hydrogen) atoms. The molecule has 1 heterocycles. The van der Waals surface area contributed by atoms with E-state index < -0.39 is 0 Å². The van der Waals surface area contributed by atoms with E-state index >= 15 is 0 Å². The SMILES string of the molecule is COc1ccc(N2C(=O)CN(C(C)(C)C)C2=O)cc1. The molecule has 5 nitrogen and oxygen atoms in total. The number of benzene rings is 1. The molecule has 1 saturated heterocycles. The molecule has 2 rings (SSSR count). The summed E-state index contributed by atoms with van der Waals surface area (Å²) in [5.41, 5.74) is 0.205. The van der Waals surface area contributed by atoms with Gasteiger partial charge in [0.15, 0.2) is 0 Å². The van der Waals surface area contributed by atoms with Crippen LogP contribution in [-0.2, 0) is 4.79 Å². The summed E-state index contributed by atoms with van der Waals surface area (Å²) >= 11 is 0. The third-order valence-electron chi connectivity index (χ3n) is 3.11. The van der Waals surface area contributed by atoms with Crippen molar-refractivity contribution >= 4 is 17.6 Å². The second-order valence-electron chi connectivity index (χ2n) is 5.47. The summed E-state index contributed by atoms with van der Waals surface area (Å²) in [6.07, 6.45) is 0. The predicted octanol–water partition coefficient (Wildman–Crippen LogP) is 2.26. The van der Waals surface area contributed by atoms with Gasteiger partial charge in [0.25, 0.3) is 5.91 Å². The van der Waals surface area contributed by atoms with Crippen LogP contribution in [0, 0.1) is 0 Å². The first-order chi connectivity index (χ1) is 8.84. The number of nitrogens with zero attached hydrogens (tertiary/aromatic N) is 2. The van der Waals surface area contributed by atoms with Gasteiger partial charge in [-0.05, 0) is 45.0 Å². The van der Waals surface area contributed by atoms with Crippen LogP contribution in [0.15, 0.2) is 24.3 Å². The van der Waals surface area contributed by atoms with Crippen molar-refractivity contribution in [3.8, 4) is 5.75 Å². The minimum atomic E-state index is -0.367. The van der Waals surface area contributed by atoms with Crippen molar-refractivity contribution in [2.24, 2.45) is 0 Å². The lowest BCUT2D eigenvalue weighted by molar-refractivity contribution is -0.117. The Labute approximate surface area is 112 Å². The lowest BCUT2D eigenvalue weighted by Gasteiger charge is -2.30. The average molecular weight is 262 g/mol. The number of carbonyl (C=O) groups excluding carboxylic acids is 2. The number of methoxy groups -OCH3 is 1. The number of rotatable bonds is 2. The minimum Gasteiger partial charge on any atom is -0.497 e.